The average Bonchev–Trinajstić information content (AvgIpc) is 3.19. The number of carbonyl (C=O) groups is 2. The Bertz CT molecular complexity index is 382. The van der Waals surface area contributed by atoms with Crippen molar-refractivity contribution in [1.82, 2.24) is 10.2 Å². The van der Waals surface area contributed by atoms with Gasteiger partial charge in [-0.3, -0.25) is 9.59 Å². The minimum absolute atomic E-state index is 0.0377. The molecule has 2 fully saturated rings. The van der Waals surface area contributed by atoms with Crippen molar-refractivity contribution in [3.63, 3.8) is 0 Å². The van der Waals surface area contributed by atoms with E-state index in [4.69, 9.17) is 0 Å². The molecule has 0 aromatic rings. The molecule has 2 rings (SSSR count). The maximum atomic E-state index is 12.5. The topological polar surface area (TPSA) is 49.4 Å². The first-order chi connectivity index (χ1) is 10.0. The predicted octanol–water partition coefficient (Wildman–Crippen LogP) is 2.63. The summed E-state index contributed by atoms with van der Waals surface area (Å²) in [5.74, 6) is 1.77. The Morgan fingerprint density at radius 1 is 1.33 bits per heavy atom. The molecule has 2 atom stereocenters. The van der Waals surface area contributed by atoms with Crippen LogP contribution >= 0.6 is 11.8 Å². The summed E-state index contributed by atoms with van der Waals surface area (Å²) in [6, 6.07) is -0.258. The van der Waals surface area contributed by atoms with Crippen LogP contribution in [0.5, 0.6) is 0 Å². The molecule has 2 aliphatic rings. The van der Waals surface area contributed by atoms with Crippen LogP contribution in [0.2, 0.25) is 0 Å². The first-order valence-corrected chi connectivity index (χ1v) is 9.31. The number of hydrogen-bond acceptors (Lipinski definition) is 3. The van der Waals surface area contributed by atoms with Crippen LogP contribution in [0.15, 0.2) is 0 Å². The highest BCUT2D eigenvalue weighted by atomic mass is 32.2. The molecule has 21 heavy (non-hydrogen) atoms. The van der Waals surface area contributed by atoms with Crippen LogP contribution in [-0.4, -0.2) is 40.4 Å². The Kier molecular flexibility index (Phi) is 5.97. The second-order valence-electron chi connectivity index (χ2n) is 6.59. The fourth-order valence-electron chi connectivity index (χ4n) is 2.67. The summed E-state index contributed by atoms with van der Waals surface area (Å²) in [5, 5.41) is 3.21. The zero-order chi connectivity index (χ0) is 15.4. The van der Waals surface area contributed by atoms with Crippen molar-refractivity contribution in [1.29, 1.82) is 0 Å². The van der Waals surface area contributed by atoms with Crippen LogP contribution < -0.4 is 5.32 Å². The molecule has 0 bridgehead atoms. The van der Waals surface area contributed by atoms with E-state index in [1.54, 1.807) is 11.8 Å². The second-order valence-corrected chi connectivity index (χ2v) is 7.80. The summed E-state index contributed by atoms with van der Waals surface area (Å²) in [5.41, 5.74) is 0. The summed E-state index contributed by atoms with van der Waals surface area (Å²) >= 11 is 1.77. The van der Waals surface area contributed by atoms with Crippen molar-refractivity contribution in [2.24, 2.45) is 11.8 Å². The fraction of sp³-hybridized carbons (Fsp3) is 0.875. The molecule has 0 radical (unpaired) electrons. The summed E-state index contributed by atoms with van der Waals surface area (Å²) in [7, 11) is 0. The third-order valence-corrected chi connectivity index (χ3v) is 5.49. The number of thioether (sulfide) groups is 1. The third-order valence-electron chi connectivity index (χ3n) is 4.13. The molecule has 0 spiro atoms. The Morgan fingerprint density at radius 3 is 2.62 bits per heavy atom. The lowest BCUT2D eigenvalue weighted by atomic mass is 10.1. The molecule has 1 heterocycles. The Labute approximate surface area is 132 Å². The molecule has 0 aromatic carbocycles. The molecule has 120 valence electrons. The monoisotopic (exact) mass is 312 g/mol. The van der Waals surface area contributed by atoms with Gasteiger partial charge in [0.25, 0.3) is 0 Å². The van der Waals surface area contributed by atoms with Gasteiger partial charge in [-0.15, -0.1) is 11.8 Å². The van der Waals surface area contributed by atoms with E-state index in [1.165, 1.54) is 0 Å². The van der Waals surface area contributed by atoms with E-state index in [-0.39, 0.29) is 29.1 Å². The number of hydrogen-bond donors (Lipinski definition) is 1. The number of nitrogens with one attached hydrogen (secondary N) is 1. The molecule has 1 saturated carbocycles. The summed E-state index contributed by atoms with van der Waals surface area (Å²) < 4.78 is 0. The molecule has 4 nitrogen and oxygen atoms in total. The van der Waals surface area contributed by atoms with E-state index < -0.39 is 0 Å². The van der Waals surface area contributed by atoms with Crippen LogP contribution in [0.25, 0.3) is 0 Å². The van der Waals surface area contributed by atoms with Gasteiger partial charge in [0.2, 0.25) is 11.8 Å². The summed E-state index contributed by atoms with van der Waals surface area (Å²) in [4.78, 5) is 26.8. The van der Waals surface area contributed by atoms with Gasteiger partial charge in [-0.1, -0.05) is 27.2 Å². The average molecular weight is 312 g/mol. The molecule has 5 heteroatoms. The van der Waals surface area contributed by atoms with Crippen LogP contribution in [0.3, 0.4) is 0 Å². The van der Waals surface area contributed by atoms with Crippen molar-refractivity contribution in [2.45, 2.75) is 64.3 Å². The molecule has 2 amide bonds. The smallest absolute Gasteiger partial charge is 0.243 e. The van der Waals surface area contributed by atoms with E-state index in [0.29, 0.717) is 12.5 Å². The first-order valence-electron chi connectivity index (χ1n) is 8.26. The van der Waals surface area contributed by atoms with Crippen molar-refractivity contribution in [3.8, 4) is 0 Å². The van der Waals surface area contributed by atoms with Gasteiger partial charge < -0.3 is 10.2 Å². The quantitative estimate of drug-likeness (QED) is 0.786. The Balaban J connectivity index is 1.95. The van der Waals surface area contributed by atoms with Crippen LogP contribution in [0.1, 0.15) is 52.9 Å². The van der Waals surface area contributed by atoms with Gasteiger partial charge in [-0.05, 0) is 31.6 Å². The molecular formula is C16H28N2O2S. The zero-order valence-electron chi connectivity index (χ0n) is 13.4. The van der Waals surface area contributed by atoms with Gasteiger partial charge in [-0.2, -0.15) is 0 Å². The molecule has 1 saturated heterocycles. The standard InChI is InChI=1S/C16H28N2O2S/c1-4-5-14-18(16(20)12-6-7-12)13(10-21-14)15(19)17-9-8-11(2)3/h11-14H,4-10H2,1-3H3,(H,17,19). The lowest BCUT2D eigenvalue weighted by Gasteiger charge is -2.29. The molecule has 1 aliphatic carbocycles. The molecule has 0 aromatic heterocycles. The van der Waals surface area contributed by atoms with E-state index in [9.17, 15) is 9.59 Å². The highest BCUT2D eigenvalue weighted by Crippen LogP contribution is 2.39. The Hall–Kier alpha value is -0.710. The van der Waals surface area contributed by atoms with E-state index in [0.717, 1.165) is 37.9 Å². The van der Waals surface area contributed by atoms with E-state index in [1.807, 2.05) is 4.90 Å². The second kappa shape index (κ2) is 7.52. The maximum absolute atomic E-state index is 12.5. The number of carbonyl (C=O) groups excluding carboxylic acids is 2. The molecular weight excluding hydrogens is 284 g/mol. The lowest BCUT2D eigenvalue weighted by Crippen LogP contribution is -2.50. The van der Waals surface area contributed by atoms with Crippen molar-refractivity contribution in [2.75, 3.05) is 12.3 Å². The van der Waals surface area contributed by atoms with Crippen LogP contribution in [-0.2, 0) is 9.59 Å². The van der Waals surface area contributed by atoms with Gasteiger partial charge in [-0.25, -0.2) is 0 Å². The van der Waals surface area contributed by atoms with Gasteiger partial charge in [0.15, 0.2) is 0 Å². The third kappa shape index (κ3) is 4.38. The van der Waals surface area contributed by atoms with Crippen molar-refractivity contribution in [3.05, 3.63) is 0 Å². The first kappa shape index (κ1) is 16.7. The van der Waals surface area contributed by atoms with E-state index >= 15 is 0 Å². The van der Waals surface area contributed by atoms with Gasteiger partial charge >= 0.3 is 0 Å². The Morgan fingerprint density at radius 2 is 2.05 bits per heavy atom. The van der Waals surface area contributed by atoms with Crippen LogP contribution in [0, 0.1) is 11.8 Å². The zero-order valence-corrected chi connectivity index (χ0v) is 14.2. The van der Waals surface area contributed by atoms with E-state index in [2.05, 4.69) is 26.1 Å². The molecule has 2 unspecified atom stereocenters. The SMILES string of the molecule is CCCC1SCC(C(=O)NCCC(C)C)N1C(=O)C1CC1. The normalized spacial score (nSPS) is 25.4. The maximum Gasteiger partial charge on any atom is 0.243 e. The number of nitrogens with zero attached hydrogens (tertiary/aromatic N) is 1. The largest absolute Gasteiger partial charge is 0.354 e. The molecule has 1 N–H and O–H groups in total. The minimum atomic E-state index is -0.258. The van der Waals surface area contributed by atoms with Crippen molar-refractivity contribution < 1.29 is 9.59 Å². The predicted molar refractivity (Wildman–Crippen MR) is 87.0 cm³/mol. The highest BCUT2D eigenvalue weighted by molar-refractivity contribution is 8.00. The number of amides is 2. The van der Waals surface area contributed by atoms with Crippen molar-refractivity contribution >= 4 is 23.6 Å². The van der Waals surface area contributed by atoms with Gasteiger partial charge in [0, 0.05) is 18.2 Å². The van der Waals surface area contributed by atoms with Gasteiger partial charge in [0.05, 0.1) is 5.37 Å². The lowest BCUT2D eigenvalue weighted by molar-refractivity contribution is -0.140. The summed E-state index contributed by atoms with van der Waals surface area (Å²) in [6.07, 6.45) is 5.02. The van der Waals surface area contributed by atoms with Gasteiger partial charge in [0.1, 0.15) is 6.04 Å². The highest BCUT2D eigenvalue weighted by Gasteiger charge is 2.45. The fourth-order valence-corrected chi connectivity index (χ4v) is 4.20. The van der Waals surface area contributed by atoms with Crippen LogP contribution in [0.4, 0.5) is 0 Å². The number of rotatable bonds is 7. The molecule has 1 aliphatic heterocycles. The minimum Gasteiger partial charge on any atom is -0.354 e. The summed E-state index contributed by atoms with van der Waals surface area (Å²) in [6.45, 7) is 7.15.